The number of aliphatic hydroxyl groups excluding tert-OH is 1. The summed E-state index contributed by atoms with van der Waals surface area (Å²) in [6, 6.07) is 17.9. The van der Waals surface area contributed by atoms with Crippen LogP contribution in [0, 0.1) is 5.82 Å². The number of halogens is 3. The lowest BCUT2D eigenvalue weighted by molar-refractivity contribution is 0.0176. The third-order valence-corrected chi connectivity index (χ3v) is 7.95. The van der Waals surface area contributed by atoms with Crippen LogP contribution in [0.15, 0.2) is 71.9 Å². The number of fused-ring (bicyclic) bond motifs is 3. The molecule has 2 unspecified atom stereocenters. The van der Waals surface area contributed by atoms with Gasteiger partial charge in [-0.2, -0.15) is 0 Å². The smallest absolute Gasteiger partial charge is 0.227 e. The van der Waals surface area contributed by atoms with Crippen molar-refractivity contribution in [2.24, 2.45) is 4.99 Å². The molecule has 204 valence electrons. The molecule has 2 atom stereocenters. The fraction of sp³-hybridized carbons (Fsp3) is 0.233. The second-order valence-electron chi connectivity index (χ2n) is 9.91. The van der Waals surface area contributed by atoms with E-state index in [1.54, 1.807) is 30.5 Å². The molecule has 6 rings (SSSR count). The van der Waals surface area contributed by atoms with Gasteiger partial charge in [-0.25, -0.2) is 14.4 Å². The van der Waals surface area contributed by atoms with Crippen molar-refractivity contribution in [3.63, 3.8) is 0 Å². The lowest BCUT2D eigenvalue weighted by Crippen LogP contribution is -2.31. The molecule has 3 N–H and O–H groups in total. The Morgan fingerprint density at radius 3 is 2.65 bits per heavy atom. The standard InChI is InChI=1S/C30H27Cl2FN6O/c1-34-21-11-12-39(16-21)29(40)17-5-8-20(9-6-17)37-30-36-15-18-14-35-28(26-24(32)3-2-4-25(26)33)23-13-19(31)7-10-22(23)27(18)38-30/h2-10,13,15,21,29,34,40H,11-12,14,16H2,1H3,(H,36,37,38). The highest BCUT2D eigenvalue weighted by Crippen LogP contribution is 2.36. The Morgan fingerprint density at radius 1 is 1.07 bits per heavy atom. The molecule has 1 fully saturated rings. The normalized spacial score (nSPS) is 17.5. The van der Waals surface area contributed by atoms with Gasteiger partial charge in [0.05, 0.1) is 28.5 Å². The van der Waals surface area contributed by atoms with Crippen LogP contribution in [0.5, 0.6) is 0 Å². The fourth-order valence-corrected chi connectivity index (χ4v) is 5.67. The summed E-state index contributed by atoms with van der Waals surface area (Å²) in [6.45, 7) is 1.90. The molecule has 4 aromatic rings. The minimum Gasteiger partial charge on any atom is -0.374 e. The number of rotatable bonds is 6. The van der Waals surface area contributed by atoms with Gasteiger partial charge < -0.3 is 15.7 Å². The first-order chi connectivity index (χ1) is 19.4. The number of likely N-dealkylation sites (tertiary alicyclic amines) is 1. The van der Waals surface area contributed by atoms with Crippen LogP contribution in [-0.4, -0.2) is 51.9 Å². The Balaban J connectivity index is 1.29. The van der Waals surface area contributed by atoms with Crippen molar-refractivity contribution in [3.05, 3.63) is 105 Å². The van der Waals surface area contributed by atoms with Gasteiger partial charge in [0.15, 0.2) is 0 Å². The molecule has 3 aromatic carbocycles. The summed E-state index contributed by atoms with van der Waals surface area (Å²) in [7, 11) is 1.95. The molecule has 7 nitrogen and oxygen atoms in total. The highest BCUT2D eigenvalue weighted by Gasteiger charge is 2.27. The summed E-state index contributed by atoms with van der Waals surface area (Å²) in [6.07, 6.45) is 2.08. The maximum absolute atomic E-state index is 14.9. The van der Waals surface area contributed by atoms with E-state index in [4.69, 9.17) is 33.2 Å². The summed E-state index contributed by atoms with van der Waals surface area (Å²) in [5.41, 5.74) is 5.12. The Bertz CT molecular complexity index is 1580. The highest BCUT2D eigenvalue weighted by atomic mass is 35.5. The van der Waals surface area contributed by atoms with Crippen LogP contribution >= 0.6 is 23.2 Å². The number of aliphatic imine (C=N–C) groups is 1. The predicted molar refractivity (Wildman–Crippen MR) is 157 cm³/mol. The Kier molecular flexibility index (Phi) is 7.53. The summed E-state index contributed by atoms with van der Waals surface area (Å²) >= 11 is 12.8. The van der Waals surface area contributed by atoms with Gasteiger partial charge in [0.2, 0.25) is 5.95 Å². The van der Waals surface area contributed by atoms with Gasteiger partial charge >= 0.3 is 0 Å². The van der Waals surface area contributed by atoms with Crippen molar-refractivity contribution < 1.29 is 9.50 Å². The third kappa shape index (κ3) is 5.21. The lowest BCUT2D eigenvalue weighted by Gasteiger charge is -2.23. The third-order valence-electron chi connectivity index (χ3n) is 7.40. The fourth-order valence-electron chi connectivity index (χ4n) is 5.25. The van der Waals surface area contributed by atoms with E-state index in [1.807, 2.05) is 37.4 Å². The van der Waals surface area contributed by atoms with E-state index in [1.165, 1.54) is 6.07 Å². The van der Waals surface area contributed by atoms with E-state index in [9.17, 15) is 9.50 Å². The van der Waals surface area contributed by atoms with Crippen molar-refractivity contribution in [2.45, 2.75) is 25.2 Å². The van der Waals surface area contributed by atoms with E-state index in [2.05, 4.69) is 20.5 Å². The zero-order valence-electron chi connectivity index (χ0n) is 21.7. The first kappa shape index (κ1) is 26.8. The second-order valence-corrected chi connectivity index (χ2v) is 10.8. The molecular weight excluding hydrogens is 550 g/mol. The van der Waals surface area contributed by atoms with Crippen molar-refractivity contribution in [2.75, 3.05) is 25.5 Å². The first-order valence-corrected chi connectivity index (χ1v) is 13.8. The van der Waals surface area contributed by atoms with Crippen LogP contribution < -0.4 is 10.6 Å². The van der Waals surface area contributed by atoms with Gasteiger partial charge in [0, 0.05) is 52.7 Å². The van der Waals surface area contributed by atoms with Gasteiger partial charge in [-0.15, -0.1) is 0 Å². The van der Waals surface area contributed by atoms with Crippen LogP contribution in [0.25, 0.3) is 11.3 Å². The molecule has 1 saturated heterocycles. The molecule has 0 radical (unpaired) electrons. The predicted octanol–water partition coefficient (Wildman–Crippen LogP) is 5.97. The van der Waals surface area contributed by atoms with Gasteiger partial charge in [0.1, 0.15) is 12.0 Å². The molecule has 40 heavy (non-hydrogen) atoms. The Hall–Kier alpha value is -3.40. The van der Waals surface area contributed by atoms with Crippen LogP contribution in [0.1, 0.15) is 34.9 Å². The molecule has 0 spiro atoms. The molecular formula is C30H27Cl2FN6O. The minimum atomic E-state index is -0.656. The number of aromatic nitrogens is 2. The number of anilines is 2. The van der Waals surface area contributed by atoms with E-state index >= 15 is 0 Å². The minimum absolute atomic E-state index is 0.226. The highest BCUT2D eigenvalue weighted by molar-refractivity contribution is 6.36. The van der Waals surface area contributed by atoms with E-state index in [0.717, 1.165) is 41.9 Å². The maximum atomic E-state index is 14.9. The summed E-state index contributed by atoms with van der Waals surface area (Å²) < 4.78 is 14.9. The number of nitrogens with one attached hydrogen (secondary N) is 2. The Labute approximate surface area is 241 Å². The monoisotopic (exact) mass is 576 g/mol. The molecule has 3 heterocycles. The summed E-state index contributed by atoms with van der Waals surface area (Å²) in [4.78, 5) is 16.1. The molecule has 1 aromatic heterocycles. The summed E-state index contributed by atoms with van der Waals surface area (Å²) in [5, 5.41) is 18.1. The molecule has 0 aliphatic carbocycles. The second kappa shape index (κ2) is 11.2. The molecule has 0 amide bonds. The topological polar surface area (TPSA) is 85.7 Å². The molecule has 2 aliphatic rings. The number of benzene rings is 3. The Morgan fingerprint density at radius 2 is 1.90 bits per heavy atom. The molecule has 2 aliphatic heterocycles. The van der Waals surface area contributed by atoms with E-state index in [-0.39, 0.29) is 17.1 Å². The van der Waals surface area contributed by atoms with Gasteiger partial charge in [0.25, 0.3) is 0 Å². The van der Waals surface area contributed by atoms with Crippen LogP contribution in [0.4, 0.5) is 16.0 Å². The zero-order chi connectivity index (χ0) is 27.8. The van der Waals surface area contributed by atoms with Gasteiger partial charge in [-0.1, -0.05) is 47.5 Å². The van der Waals surface area contributed by atoms with Crippen molar-refractivity contribution in [3.8, 4) is 11.3 Å². The average molecular weight is 577 g/mol. The molecule has 0 saturated carbocycles. The van der Waals surface area contributed by atoms with Gasteiger partial charge in [-0.05, 0) is 55.4 Å². The van der Waals surface area contributed by atoms with E-state index < -0.39 is 12.0 Å². The average Bonchev–Trinajstić information content (AvgIpc) is 3.39. The lowest BCUT2D eigenvalue weighted by atomic mass is 9.95. The number of hydrogen-bond acceptors (Lipinski definition) is 7. The van der Waals surface area contributed by atoms with Crippen molar-refractivity contribution >= 4 is 40.5 Å². The van der Waals surface area contributed by atoms with Crippen molar-refractivity contribution in [1.29, 1.82) is 0 Å². The van der Waals surface area contributed by atoms with Crippen molar-refractivity contribution in [1.82, 2.24) is 20.2 Å². The maximum Gasteiger partial charge on any atom is 0.227 e. The van der Waals surface area contributed by atoms with Gasteiger partial charge in [-0.3, -0.25) is 9.89 Å². The molecule has 0 bridgehead atoms. The van der Waals surface area contributed by atoms with Crippen LogP contribution in [0.2, 0.25) is 10.0 Å². The summed E-state index contributed by atoms with van der Waals surface area (Å²) in [5.74, 6) is -0.0616. The zero-order valence-corrected chi connectivity index (χ0v) is 23.2. The van der Waals surface area contributed by atoms with Crippen LogP contribution in [0.3, 0.4) is 0 Å². The number of hydrogen-bond donors (Lipinski definition) is 3. The first-order valence-electron chi connectivity index (χ1n) is 13.0. The SMILES string of the molecule is CNC1CCN(C(O)c2ccc(Nc3ncc4c(n3)-c3ccc(Cl)cc3C(c3c(F)cccc3Cl)=NC4)cc2)C1. The number of nitrogens with zero attached hydrogens (tertiary/aromatic N) is 4. The largest absolute Gasteiger partial charge is 0.374 e. The number of aliphatic hydroxyl groups is 1. The van der Waals surface area contributed by atoms with Crippen LogP contribution in [-0.2, 0) is 6.54 Å². The van der Waals surface area contributed by atoms with E-state index in [0.29, 0.717) is 34.0 Å². The quantitative estimate of drug-likeness (QED) is 0.262. The number of likely N-dealkylation sites (N-methyl/N-ethyl adjacent to an activating group) is 1. The molecule has 10 heteroatoms.